The number of ether oxygens (including phenoxy) is 2. The first-order valence-corrected chi connectivity index (χ1v) is 11.6. The number of hydrogen-bond donors (Lipinski definition) is 1. The Morgan fingerprint density at radius 3 is 2.35 bits per heavy atom. The summed E-state index contributed by atoms with van der Waals surface area (Å²) in [5.74, 6) is 0.345. The second-order valence-electron chi connectivity index (χ2n) is 7.17. The fourth-order valence-corrected chi connectivity index (χ4v) is 4.61. The Labute approximate surface area is 182 Å². The molecule has 0 aromatic heterocycles. The summed E-state index contributed by atoms with van der Waals surface area (Å²) in [5.41, 5.74) is 1.15. The van der Waals surface area contributed by atoms with Crippen molar-refractivity contribution in [2.24, 2.45) is 0 Å². The maximum absolute atomic E-state index is 12.9. The van der Waals surface area contributed by atoms with Gasteiger partial charge in [0.2, 0.25) is 15.9 Å². The number of nitrogens with one attached hydrogen (secondary N) is 1. The summed E-state index contributed by atoms with van der Waals surface area (Å²) < 4.78 is 36.8. The van der Waals surface area contributed by atoms with Crippen LogP contribution in [0.15, 0.2) is 60.7 Å². The summed E-state index contributed by atoms with van der Waals surface area (Å²) >= 11 is 0. The van der Waals surface area contributed by atoms with Gasteiger partial charge in [-0.2, -0.15) is 0 Å². The number of carbonyl (C=O) groups is 1. The van der Waals surface area contributed by atoms with Crippen molar-refractivity contribution < 1.29 is 22.7 Å². The summed E-state index contributed by atoms with van der Waals surface area (Å²) in [7, 11) is -0.872. The lowest BCUT2D eigenvalue weighted by Crippen LogP contribution is -2.47. The van der Waals surface area contributed by atoms with Crippen LogP contribution in [0.5, 0.6) is 11.5 Å². The second kappa shape index (κ2) is 9.26. The topological polar surface area (TPSA) is 84.9 Å². The van der Waals surface area contributed by atoms with E-state index >= 15 is 0 Å². The van der Waals surface area contributed by atoms with Crippen LogP contribution < -0.4 is 19.1 Å². The molecule has 7 nitrogen and oxygen atoms in total. The van der Waals surface area contributed by atoms with E-state index in [0.717, 1.165) is 26.9 Å². The summed E-state index contributed by atoms with van der Waals surface area (Å²) in [4.78, 5) is 12.9. The number of fused-ring (bicyclic) bond motifs is 1. The Morgan fingerprint density at radius 1 is 1.00 bits per heavy atom. The van der Waals surface area contributed by atoms with Crippen LogP contribution in [0.3, 0.4) is 0 Å². The highest BCUT2D eigenvalue weighted by Gasteiger charge is 2.31. The zero-order chi connectivity index (χ0) is 22.6. The minimum absolute atomic E-state index is 0.234. The number of methoxy groups -OCH3 is 2. The average molecular weight is 443 g/mol. The van der Waals surface area contributed by atoms with Gasteiger partial charge < -0.3 is 14.8 Å². The molecule has 3 aromatic carbocycles. The average Bonchev–Trinajstić information content (AvgIpc) is 2.76. The molecule has 0 spiro atoms. The van der Waals surface area contributed by atoms with Gasteiger partial charge in [0.1, 0.15) is 17.5 Å². The fraction of sp³-hybridized carbons (Fsp3) is 0.261. The van der Waals surface area contributed by atoms with Gasteiger partial charge in [-0.3, -0.25) is 9.10 Å². The monoisotopic (exact) mass is 442 g/mol. The molecule has 0 radical (unpaired) electrons. The molecule has 1 atom stereocenters. The van der Waals surface area contributed by atoms with Crippen LogP contribution in [-0.4, -0.2) is 40.8 Å². The van der Waals surface area contributed by atoms with Gasteiger partial charge in [0.25, 0.3) is 0 Å². The van der Waals surface area contributed by atoms with Crippen molar-refractivity contribution in [3.63, 3.8) is 0 Å². The van der Waals surface area contributed by atoms with Crippen molar-refractivity contribution in [3.8, 4) is 11.5 Å². The maximum atomic E-state index is 12.9. The van der Waals surface area contributed by atoms with Gasteiger partial charge in [0.15, 0.2) is 0 Å². The second-order valence-corrected chi connectivity index (χ2v) is 9.03. The molecule has 8 heteroatoms. The summed E-state index contributed by atoms with van der Waals surface area (Å²) in [6.07, 6.45) is 1.05. The van der Waals surface area contributed by atoms with Crippen molar-refractivity contribution in [1.82, 2.24) is 5.32 Å². The smallest absolute Gasteiger partial charge is 0.243 e. The lowest BCUT2D eigenvalue weighted by atomic mass is 10.1. The molecule has 0 aliphatic heterocycles. The van der Waals surface area contributed by atoms with Gasteiger partial charge in [-0.05, 0) is 41.5 Å². The van der Waals surface area contributed by atoms with Crippen molar-refractivity contribution in [2.45, 2.75) is 19.5 Å². The zero-order valence-electron chi connectivity index (χ0n) is 18.0. The van der Waals surface area contributed by atoms with E-state index in [4.69, 9.17) is 9.47 Å². The number of rotatable bonds is 8. The predicted octanol–water partition coefficient (Wildman–Crippen LogP) is 3.33. The quantitative estimate of drug-likeness (QED) is 0.578. The van der Waals surface area contributed by atoms with E-state index in [1.807, 2.05) is 42.5 Å². The molecule has 0 aliphatic carbocycles. The van der Waals surface area contributed by atoms with Crippen molar-refractivity contribution in [3.05, 3.63) is 66.2 Å². The third-order valence-electron chi connectivity index (χ3n) is 4.99. The number of sulfonamides is 1. The first-order valence-electron chi connectivity index (χ1n) is 9.71. The summed E-state index contributed by atoms with van der Waals surface area (Å²) in [6, 6.07) is 17.7. The molecule has 0 saturated carbocycles. The minimum atomic E-state index is -3.79. The zero-order valence-corrected chi connectivity index (χ0v) is 18.8. The molecule has 0 saturated heterocycles. The van der Waals surface area contributed by atoms with E-state index in [2.05, 4.69) is 5.32 Å². The van der Waals surface area contributed by atoms with E-state index in [1.165, 1.54) is 27.2 Å². The van der Waals surface area contributed by atoms with E-state index in [9.17, 15) is 13.2 Å². The molecule has 0 unspecified atom stereocenters. The SMILES string of the molecule is COc1ccc(OC)c(N([C@H](C)C(=O)NCc2ccc3ccccc3c2)S(C)(=O)=O)c1. The molecular weight excluding hydrogens is 416 g/mol. The number of nitrogens with zero attached hydrogens (tertiary/aromatic N) is 1. The molecule has 1 amide bonds. The molecule has 0 heterocycles. The van der Waals surface area contributed by atoms with E-state index in [-0.39, 0.29) is 12.2 Å². The number of hydrogen-bond acceptors (Lipinski definition) is 5. The summed E-state index contributed by atoms with van der Waals surface area (Å²) in [6.45, 7) is 1.82. The number of anilines is 1. The Morgan fingerprint density at radius 2 is 1.71 bits per heavy atom. The molecule has 1 N–H and O–H groups in total. The minimum Gasteiger partial charge on any atom is -0.497 e. The third kappa shape index (κ3) is 5.08. The van der Waals surface area contributed by atoms with Gasteiger partial charge in [-0.15, -0.1) is 0 Å². The highest BCUT2D eigenvalue weighted by molar-refractivity contribution is 7.92. The van der Waals surface area contributed by atoms with Gasteiger partial charge in [0, 0.05) is 12.6 Å². The van der Waals surface area contributed by atoms with Crippen LogP contribution in [-0.2, 0) is 21.4 Å². The molecule has 31 heavy (non-hydrogen) atoms. The van der Waals surface area contributed by atoms with E-state index < -0.39 is 22.0 Å². The molecule has 0 aliphatic rings. The van der Waals surface area contributed by atoms with Gasteiger partial charge in [-0.25, -0.2) is 8.42 Å². The van der Waals surface area contributed by atoms with Crippen molar-refractivity contribution in [2.75, 3.05) is 24.8 Å². The van der Waals surface area contributed by atoms with E-state index in [1.54, 1.807) is 12.1 Å². The van der Waals surface area contributed by atoms with Gasteiger partial charge in [-0.1, -0.05) is 36.4 Å². The van der Waals surface area contributed by atoms with Crippen molar-refractivity contribution >= 4 is 32.4 Å². The normalized spacial score (nSPS) is 12.3. The van der Waals surface area contributed by atoms with E-state index in [0.29, 0.717) is 11.5 Å². The third-order valence-corrected chi connectivity index (χ3v) is 6.22. The lowest BCUT2D eigenvalue weighted by Gasteiger charge is -2.29. The van der Waals surface area contributed by atoms with Crippen LogP contribution in [0.4, 0.5) is 5.69 Å². The Balaban J connectivity index is 1.84. The highest BCUT2D eigenvalue weighted by Crippen LogP contribution is 2.35. The number of benzene rings is 3. The molecule has 3 aromatic rings. The Bertz CT molecular complexity index is 1190. The first kappa shape index (κ1) is 22.4. The summed E-state index contributed by atoms with van der Waals surface area (Å²) in [5, 5.41) is 5.02. The molecule has 0 fully saturated rings. The van der Waals surface area contributed by atoms with Crippen LogP contribution in [0.25, 0.3) is 10.8 Å². The lowest BCUT2D eigenvalue weighted by molar-refractivity contribution is -0.122. The largest absolute Gasteiger partial charge is 0.497 e. The Hall–Kier alpha value is -3.26. The van der Waals surface area contributed by atoms with Crippen LogP contribution >= 0.6 is 0 Å². The van der Waals surface area contributed by atoms with Gasteiger partial charge >= 0.3 is 0 Å². The predicted molar refractivity (Wildman–Crippen MR) is 122 cm³/mol. The number of amides is 1. The highest BCUT2D eigenvalue weighted by atomic mass is 32.2. The Kier molecular flexibility index (Phi) is 6.70. The van der Waals surface area contributed by atoms with Gasteiger partial charge in [0.05, 0.1) is 26.2 Å². The van der Waals surface area contributed by atoms with Crippen molar-refractivity contribution in [1.29, 1.82) is 0 Å². The van der Waals surface area contributed by atoms with Crippen LogP contribution in [0.1, 0.15) is 12.5 Å². The van der Waals surface area contributed by atoms with Crippen LogP contribution in [0, 0.1) is 0 Å². The molecule has 0 bridgehead atoms. The molecule has 3 rings (SSSR count). The fourth-order valence-electron chi connectivity index (χ4n) is 3.44. The molecular formula is C23H26N2O5S. The maximum Gasteiger partial charge on any atom is 0.243 e. The standard InChI is InChI=1S/C23H26N2O5S/c1-16(23(26)24-15-17-9-10-18-7-5-6-8-19(18)13-17)25(31(4,27)28)21-14-20(29-2)11-12-22(21)30-3/h5-14,16H,15H2,1-4H3,(H,24,26)/t16-/m1/s1. The molecule has 164 valence electrons. The van der Waals surface area contributed by atoms with Crippen LogP contribution in [0.2, 0.25) is 0 Å². The number of carbonyl (C=O) groups excluding carboxylic acids is 1. The first-order chi connectivity index (χ1) is 14.7.